The summed E-state index contributed by atoms with van der Waals surface area (Å²) in [6.07, 6.45) is -0.803. The highest BCUT2D eigenvalue weighted by atomic mass is 16.6. The Morgan fingerprint density at radius 2 is 1.32 bits per heavy atom. The van der Waals surface area contributed by atoms with Crippen LogP contribution in [0.1, 0.15) is 70.8 Å². The predicted molar refractivity (Wildman–Crippen MR) is 154 cm³/mol. The number of carbonyl (C=O) groups excluding carboxylic acids is 4. The van der Waals surface area contributed by atoms with Crippen LogP contribution in [-0.4, -0.2) is 42.6 Å². The first-order chi connectivity index (χ1) is 19.2. The van der Waals surface area contributed by atoms with E-state index in [0.717, 1.165) is 0 Å². The van der Waals surface area contributed by atoms with Crippen LogP contribution >= 0.6 is 0 Å². The molecule has 0 saturated heterocycles. The molecule has 4 atom stereocenters. The van der Waals surface area contributed by atoms with Crippen molar-refractivity contribution in [2.24, 2.45) is 29.4 Å². The monoisotopic (exact) mass is 569 g/mol. The molecule has 41 heavy (non-hydrogen) atoms. The molecular formula is C32H43NO8. The first kappa shape index (κ1) is 33.5. The van der Waals surface area contributed by atoms with E-state index in [0.29, 0.717) is 11.1 Å². The zero-order chi connectivity index (χ0) is 30.9. The normalized spacial score (nSPS) is 14.9. The Labute approximate surface area is 242 Å². The van der Waals surface area contributed by atoms with Gasteiger partial charge < -0.3 is 24.7 Å². The van der Waals surface area contributed by atoms with E-state index in [9.17, 15) is 19.2 Å². The molecule has 0 radical (unpaired) electrons. The standard InChI is InChI=1S/C32H43NO8/c1-19(2)22(6)28(34)40-26-15-14-24(16-27(26)41-29(35)23(7)20(3)4)18-32(33,31(37)38-8)17-21(5)39-30(36)25-12-10-9-11-13-25/h9-16,19-23H,17-18,33H2,1-8H3/t21-,22?,23?,32?/m0/s1. The van der Waals surface area contributed by atoms with Gasteiger partial charge in [-0.3, -0.25) is 14.4 Å². The lowest BCUT2D eigenvalue weighted by molar-refractivity contribution is -0.148. The summed E-state index contributed by atoms with van der Waals surface area (Å²) in [5, 5.41) is 0. The Morgan fingerprint density at radius 1 is 0.780 bits per heavy atom. The Kier molecular flexibility index (Phi) is 12.1. The van der Waals surface area contributed by atoms with Gasteiger partial charge in [0.15, 0.2) is 11.5 Å². The van der Waals surface area contributed by atoms with Crippen molar-refractivity contribution in [2.75, 3.05) is 7.11 Å². The maximum Gasteiger partial charge on any atom is 0.338 e. The summed E-state index contributed by atoms with van der Waals surface area (Å²) in [4.78, 5) is 50.9. The molecule has 0 aliphatic carbocycles. The van der Waals surface area contributed by atoms with Gasteiger partial charge in [-0.1, -0.05) is 65.8 Å². The van der Waals surface area contributed by atoms with Gasteiger partial charge in [0.1, 0.15) is 11.6 Å². The van der Waals surface area contributed by atoms with Crippen LogP contribution in [0, 0.1) is 23.7 Å². The number of esters is 4. The van der Waals surface area contributed by atoms with E-state index in [-0.39, 0.29) is 42.1 Å². The molecule has 3 unspecified atom stereocenters. The minimum Gasteiger partial charge on any atom is -0.468 e. The lowest BCUT2D eigenvalue weighted by Crippen LogP contribution is -2.53. The van der Waals surface area contributed by atoms with Crippen LogP contribution in [0.25, 0.3) is 0 Å². The summed E-state index contributed by atoms with van der Waals surface area (Å²) in [6, 6.07) is 13.2. The summed E-state index contributed by atoms with van der Waals surface area (Å²) in [6.45, 7) is 12.8. The fourth-order valence-corrected chi connectivity index (χ4v) is 3.95. The topological polar surface area (TPSA) is 131 Å². The van der Waals surface area contributed by atoms with Crippen LogP contribution < -0.4 is 15.2 Å². The largest absolute Gasteiger partial charge is 0.468 e. The lowest BCUT2D eigenvalue weighted by Gasteiger charge is -2.29. The van der Waals surface area contributed by atoms with Crippen LogP contribution in [0.4, 0.5) is 0 Å². The predicted octanol–water partition coefficient (Wildman–Crippen LogP) is 5.13. The third-order valence-electron chi connectivity index (χ3n) is 7.25. The van der Waals surface area contributed by atoms with Gasteiger partial charge in [0.05, 0.1) is 24.5 Å². The fourth-order valence-electron chi connectivity index (χ4n) is 3.95. The molecule has 0 saturated carbocycles. The molecule has 2 aromatic rings. The first-order valence-electron chi connectivity index (χ1n) is 13.9. The molecule has 9 heteroatoms. The highest BCUT2D eigenvalue weighted by molar-refractivity contribution is 5.89. The van der Waals surface area contributed by atoms with Crippen LogP contribution in [-0.2, 0) is 30.3 Å². The van der Waals surface area contributed by atoms with Crippen LogP contribution in [0.2, 0.25) is 0 Å². The summed E-state index contributed by atoms with van der Waals surface area (Å²) in [7, 11) is 1.23. The second-order valence-corrected chi connectivity index (χ2v) is 11.3. The van der Waals surface area contributed by atoms with Crippen LogP contribution in [0.3, 0.4) is 0 Å². The molecule has 0 fully saturated rings. The molecule has 0 aliphatic heterocycles. The van der Waals surface area contributed by atoms with Crippen molar-refractivity contribution in [3.05, 3.63) is 59.7 Å². The maximum atomic E-state index is 12.9. The van der Waals surface area contributed by atoms with Gasteiger partial charge in [-0.05, 0) is 48.6 Å². The van der Waals surface area contributed by atoms with Gasteiger partial charge in [-0.15, -0.1) is 0 Å². The number of ether oxygens (including phenoxy) is 4. The van der Waals surface area contributed by atoms with Crippen molar-refractivity contribution < 1.29 is 38.1 Å². The molecule has 2 rings (SSSR count). The number of nitrogens with two attached hydrogens (primary N) is 1. The Morgan fingerprint density at radius 3 is 1.83 bits per heavy atom. The van der Waals surface area contributed by atoms with E-state index in [1.807, 2.05) is 27.7 Å². The van der Waals surface area contributed by atoms with Gasteiger partial charge in [0.2, 0.25) is 0 Å². The summed E-state index contributed by atoms with van der Waals surface area (Å²) in [5.74, 6) is -2.79. The third-order valence-corrected chi connectivity index (χ3v) is 7.25. The molecule has 224 valence electrons. The average molecular weight is 570 g/mol. The second kappa shape index (κ2) is 14.8. The van der Waals surface area contributed by atoms with Gasteiger partial charge in [0.25, 0.3) is 0 Å². The fraction of sp³-hybridized carbons (Fsp3) is 0.500. The second-order valence-electron chi connectivity index (χ2n) is 11.3. The molecule has 0 aromatic heterocycles. The van der Waals surface area contributed by atoms with Crippen molar-refractivity contribution in [3.63, 3.8) is 0 Å². The van der Waals surface area contributed by atoms with Crippen LogP contribution in [0.15, 0.2) is 48.5 Å². The van der Waals surface area contributed by atoms with E-state index in [4.69, 9.17) is 24.7 Å². The van der Waals surface area contributed by atoms with Gasteiger partial charge in [-0.25, -0.2) is 4.79 Å². The maximum absolute atomic E-state index is 12.9. The van der Waals surface area contributed by atoms with Gasteiger partial charge >= 0.3 is 23.9 Å². The molecular weight excluding hydrogens is 526 g/mol. The molecule has 0 aliphatic rings. The van der Waals surface area contributed by atoms with Crippen molar-refractivity contribution >= 4 is 23.9 Å². The number of carbonyl (C=O) groups is 4. The number of rotatable bonds is 13. The Bertz CT molecular complexity index is 1210. The molecule has 2 aromatic carbocycles. The third kappa shape index (κ3) is 9.42. The summed E-state index contributed by atoms with van der Waals surface area (Å²) in [5.41, 5.74) is 5.89. The Hall–Kier alpha value is -3.72. The van der Waals surface area contributed by atoms with E-state index in [1.54, 1.807) is 57.2 Å². The van der Waals surface area contributed by atoms with E-state index >= 15 is 0 Å². The molecule has 9 nitrogen and oxygen atoms in total. The summed E-state index contributed by atoms with van der Waals surface area (Å²) >= 11 is 0. The molecule has 2 N–H and O–H groups in total. The smallest absolute Gasteiger partial charge is 0.338 e. The molecule has 0 amide bonds. The Balaban J connectivity index is 2.36. The number of hydrogen-bond acceptors (Lipinski definition) is 9. The zero-order valence-electron chi connectivity index (χ0n) is 25.3. The highest BCUT2D eigenvalue weighted by Crippen LogP contribution is 2.33. The average Bonchev–Trinajstić information content (AvgIpc) is 2.92. The summed E-state index contributed by atoms with van der Waals surface area (Å²) < 4.78 is 21.8. The zero-order valence-corrected chi connectivity index (χ0v) is 25.3. The van der Waals surface area contributed by atoms with Crippen LogP contribution in [0.5, 0.6) is 11.5 Å². The van der Waals surface area contributed by atoms with E-state index in [1.165, 1.54) is 19.2 Å². The van der Waals surface area contributed by atoms with Gasteiger partial charge in [-0.2, -0.15) is 0 Å². The first-order valence-corrected chi connectivity index (χ1v) is 13.9. The quantitative estimate of drug-likeness (QED) is 0.258. The van der Waals surface area contributed by atoms with Crippen molar-refractivity contribution in [2.45, 2.75) is 73.0 Å². The van der Waals surface area contributed by atoms with E-state index < -0.39 is 41.4 Å². The number of methoxy groups -OCH3 is 1. The lowest BCUT2D eigenvalue weighted by atomic mass is 9.86. The SMILES string of the molecule is COC(=O)C(N)(Cc1ccc(OC(=O)C(C)C(C)C)c(OC(=O)C(C)C(C)C)c1)C[C@H](C)OC(=O)c1ccccc1. The van der Waals surface area contributed by atoms with Crippen molar-refractivity contribution in [3.8, 4) is 11.5 Å². The van der Waals surface area contributed by atoms with Crippen molar-refractivity contribution in [1.82, 2.24) is 0 Å². The number of benzene rings is 2. The van der Waals surface area contributed by atoms with E-state index in [2.05, 4.69) is 0 Å². The minimum atomic E-state index is -1.58. The molecule has 0 spiro atoms. The van der Waals surface area contributed by atoms with Crippen molar-refractivity contribution in [1.29, 1.82) is 0 Å². The molecule has 0 bridgehead atoms. The molecule has 0 heterocycles. The highest BCUT2D eigenvalue weighted by Gasteiger charge is 2.38. The van der Waals surface area contributed by atoms with Gasteiger partial charge in [0, 0.05) is 12.8 Å². The minimum absolute atomic E-state index is 0.0220. The number of hydrogen-bond donors (Lipinski definition) is 1.